The second-order valence-corrected chi connectivity index (χ2v) is 4.90. The van der Waals surface area contributed by atoms with E-state index >= 15 is 0 Å². The zero-order chi connectivity index (χ0) is 14.0. The molecule has 1 aromatic rings. The zero-order valence-electron chi connectivity index (χ0n) is 10.8. The Labute approximate surface area is 110 Å². The van der Waals surface area contributed by atoms with Crippen molar-refractivity contribution >= 4 is 11.6 Å². The lowest BCUT2D eigenvalue weighted by molar-refractivity contribution is -0.135. The third-order valence-corrected chi connectivity index (χ3v) is 3.28. The van der Waals surface area contributed by atoms with Crippen LogP contribution in [0.1, 0.15) is 30.4 Å². The van der Waals surface area contributed by atoms with Crippen LogP contribution in [0.15, 0.2) is 18.2 Å². The average Bonchev–Trinajstić information content (AvgIpc) is 2.30. The van der Waals surface area contributed by atoms with E-state index in [0.29, 0.717) is 12.8 Å². The van der Waals surface area contributed by atoms with Gasteiger partial charge in [0.25, 0.3) is 0 Å². The fourth-order valence-electron chi connectivity index (χ4n) is 2.33. The van der Waals surface area contributed by atoms with Crippen molar-refractivity contribution in [2.75, 3.05) is 11.4 Å². The zero-order valence-corrected chi connectivity index (χ0v) is 10.8. The molecule has 1 aliphatic heterocycles. The second kappa shape index (κ2) is 5.23. The summed E-state index contributed by atoms with van der Waals surface area (Å²) in [6, 6.07) is 5.79. The van der Waals surface area contributed by atoms with E-state index in [1.807, 2.05) is 25.1 Å². The number of alkyl halides is 3. The van der Waals surface area contributed by atoms with Crippen LogP contribution in [0.5, 0.6) is 0 Å². The molecule has 104 valence electrons. The molecular weight excluding hydrogens is 255 g/mol. The van der Waals surface area contributed by atoms with E-state index in [2.05, 4.69) is 0 Å². The van der Waals surface area contributed by atoms with E-state index in [0.717, 1.165) is 16.8 Å². The van der Waals surface area contributed by atoms with Crippen LogP contribution in [0, 0.1) is 6.92 Å². The van der Waals surface area contributed by atoms with Gasteiger partial charge in [0.1, 0.15) is 0 Å². The quantitative estimate of drug-likeness (QED) is 0.822. The number of fused-ring (bicyclic) bond motifs is 1. The highest BCUT2D eigenvalue weighted by Crippen LogP contribution is 2.30. The molecular formula is C14H16F3NO. The second-order valence-electron chi connectivity index (χ2n) is 4.90. The summed E-state index contributed by atoms with van der Waals surface area (Å²) in [5.41, 5.74) is 2.82. The topological polar surface area (TPSA) is 20.3 Å². The van der Waals surface area contributed by atoms with Gasteiger partial charge in [0.15, 0.2) is 0 Å². The first-order chi connectivity index (χ1) is 8.87. The number of carbonyl (C=O) groups excluding carboxylic acids is 1. The van der Waals surface area contributed by atoms with Gasteiger partial charge in [-0.1, -0.05) is 12.1 Å². The van der Waals surface area contributed by atoms with Crippen molar-refractivity contribution in [2.45, 2.75) is 38.8 Å². The number of hydrogen-bond donors (Lipinski definition) is 0. The molecule has 1 aromatic carbocycles. The van der Waals surface area contributed by atoms with Gasteiger partial charge < -0.3 is 4.90 Å². The predicted octanol–water partition coefficient (Wildman–Crippen LogP) is 3.62. The highest BCUT2D eigenvalue weighted by molar-refractivity contribution is 5.96. The third kappa shape index (κ3) is 3.49. The number of amides is 1. The lowest BCUT2D eigenvalue weighted by Crippen LogP contribution is -2.36. The molecule has 0 saturated carbocycles. The Balaban J connectivity index is 2.12. The largest absolute Gasteiger partial charge is 0.389 e. The van der Waals surface area contributed by atoms with Crippen LogP contribution in [-0.4, -0.2) is 18.6 Å². The van der Waals surface area contributed by atoms with E-state index in [1.54, 1.807) is 0 Å². The van der Waals surface area contributed by atoms with E-state index in [1.165, 1.54) is 4.90 Å². The molecule has 0 fully saturated rings. The number of aryl methyl sites for hydroxylation is 2. The van der Waals surface area contributed by atoms with E-state index < -0.39 is 12.6 Å². The Hall–Kier alpha value is -1.52. The van der Waals surface area contributed by atoms with Gasteiger partial charge in [0.2, 0.25) is 5.91 Å². The molecule has 5 heteroatoms. The molecule has 1 heterocycles. The summed E-state index contributed by atoms with van der Waals surface area (Å²) in [6.45, 7) is 2.04. The fraction of sp³-hybridized carbons (Fsp3) is 0.500. The molecule has 1 amide bonds. The average molecular weight is 271 g/mol. The van der Waals surface area contributed by atoms with Crippen LogP contribution in [0.3, 0.4) is 0 Å². The van der Waals surface area contributed by atoms with Gasteiger partial charge in [0, 0.05) is 25.1 Å². The minimum absolute atomic E-state index is 0.0530. The van der Waals surface area contributed by atoms with Gasteiger partial charge in [-0.15, -0.1) is 0 Å². The molecule has 0 aromatic heterocycles. The molecule has 2 rings (SSSR count). The SMILES string of the molecule is Cc1ccc2c(c1)N(CCCC(F)(F)F)C(=O)CC2. The normalized spacial score (nSPS) is 15.6. The Morgan fingerprint density at radius 3 is 2.68 bits per heavy atom. The molecule has 1 aliphatic rings. The smallest absolute Gasteiger partial charge is 0.312 e. The number of halogens is 3. The molecule has 19 heavy (non-hydrogen) atoms. The van der Waals surface area contributed by atoms with Gasteiger partial charge in [-0.3, -0.25) is 4.79 Å². The molecule has 0 saturated heterocycles. The Kier molecular flexibility index (Phi) is 3.83. The van der Waals surface area contributed by atoms with Crippen molar-refractivity contribution in [2.24, 2.45) is 0 Å². The van der Waals surface area contributed by atoms with Crippen LogP contribution in [0.4, 0.5) is 18.9 Å². The van der Waals surface area contributed by atoms with E-state index in [-0.39, 0.29) is 18.9 Å². The lowest BCUT2D eigenvalue weighted by atomic mass is 9.99. The van der Waals surface area contributed by atoms with Gasteiger partial charge in [-0.05, 0) is 37.0 Å². The first kappa shape index (κ1) is 13.9. The van der Waals surface area contributed by atoms with Crippen molar-refractivity contribution in [1.82, 2.24) is 0 Å². The minimum Gasteiger partial charge on any atom is -0.312 e. The van der Waals surface area contributed by atoms with E-state index in [9.17, 15) is 18.0 Å². The lowest BCUT2D eigenvalue weighted by Gasteiger charge is -2.30. The number of rotatable bonds is 3. The molecule has 0 aliphatic carbocycles. The number of carbonyl (C=O) groups is 1. The Morgan fingerprint density at radius 1 is 1.26 bits per heavy atom. The molecule has 0 unspecified atom stereocenters. The molecule has 0 radical (unpaired) electrons. The maximum atomic E-state index is 12.2. The van der Waals surface area contributed by atoms with Crippen molar-refractivity contribution in [3.63, 3.8) is 0 Å². The number of anilines is 1. The first-order valence-corrected chi connectivity index (χ1v) is 6.33. The van der Waals surface area contributed by atoms with Crippen LogP contribution in [0.25, 0.3) is 0 Å². The van der Waals surface area contributed by atoms with Crippen molar-refractivity contribution in [1.29, 1.82) is 0 Å². The summed E-state index contributed by atoms with van der Waals surface area (Å²) >= 11 is 0. The molecule has 0 N–H and O–H groups in total. The fourth-order valence-corrected chi connectivity index (χ4v) is 2.33. The highest BCUT2D eigenvalue weighted by Gasteiger charge is 2.29. The van der Waals surface area contributed by atoms with Crippen LogP contribution in [-0.2, 0) is 11.2 Å². The highest BCUT2D eigenvalue weighted by atomic mass is 19.4. The summed E-state index contributed by atoms with van der Waals surface area (Å²) < 4.78 is 36.5. The van der Waals surface area contributed by atoms with Crippen LogP contribution in [0.2, 0.25) is 0 Å². The Bertz CT molecular complexity index is 482. The third-order valence-electron chi connectivity index (χ3n) is 3.28. The summed E-state index contributed by atoms with van der Waals surface area (Å²) in [4.78, 5) is 13.4. The Morgan fingerprint density at radius 2 is 2.00 bits per heavy atom. The standard InChI is InChI=1S/C14H16F3NO/c1-10-3-4-11-5-6-13(19)18(12(11)9-10)8-2-7-14(15,16)17/h3-4,9H,2,5-8H2,1H3. The van der Waals surface area contributed by atoms with Gasteiger partial charge >= 0.3 is 6.18 Å². The molecule has 0 spiro atoms. The van der Waals surface area contributed by atoms with Gasteiger partial charge in [-0.25, -0.2) is 0 Å². The van der Waals surface area contributed by atoms with Crippen molar-refractivity contribution < 1.29 is 18.0 Å². The summed E-state index contributed by atoms with van der Waals surface area (Å²) in [7, 11) is 0. The van der Waals surface area contributed by atoms with Crippen LogP contribution >= 0.6 is 0 Å². The van der Waals surface area contributed by atoms with Crippen molar-refractivity contribution in [3.8, 4) is 0 Å². The summed E-state index contributed by atoms with van der Waals surface area (Å²) in [5, 5.41) is 0. The molecule has 0 bridgehead atoms. The van der Waals surface area contributed by atoms with E-state index in [4.69, 9.17) is 0 Å². The van der Waals surface area contributed by atoms with Gasteiger partial charge in [-0.2, -0.15) is 13.2 Å². The van der Waals surface area contributed by atoms with Crippen molar-refractivity contribution in [3.05, 3.63) is 29.3 Å². The first-order valence-electron chi connectivity index (χ1n) is 6.33. The summed E-state index contributed by atoms with van der Waals surface area (Å²) in [5.74, 6) is -0.0831. The number of hydrogen-bond acceptors (Lipinski definition) is 1. The monoisotopic (exact) mass is 271 g/mol. The summed E-state index contributed by atoms with van der Waals surface area (Å²) in [6.07, 6.45) is -4.01. The molecule has 0 atom stereocenters. The molecule has 2 nitrogen and oxygen atoms in total. The minimum atomic E-state index is -4.16. The van der Waals surface area contributed by atoms with Gasteiger partial charge in [0.05, 0.1) is 0 Å². The predicted molar refractivity (Wildman–Crippen MR) is 67.1 cm³/mol. The number of benzene rings is 1. The maximum absolute atomic E-state index is 12.2. The van der Waals surface area contributed by atoms with Crippen LogP contribution < -0.4 is 4.90 Å². The maximum Gasteiger partial charge on any atom is 0.389 e. The number of nitrogens with zero attached hydrogens (tertiary/aromatic N) is 1.